The van der Waals surface area contributed by atoms with Crippen LogP contribution in [0.2, 0.25) is 0 Å². The largest absolute Gasteiger partial charge is 0.370 e. The van der Waals surface area contributed by atoms with Gasteiger partial charge in [0.1, 0.15) is 11.4 Å². The monoisotopic (exact) mass is 1040 g/mol. The molecule has 18 atom stereocenters. The van der Waals surface area contributed by atoms with Gasteiger partial charge in [-0.15, -0.1) is 9.81 Å². The van der Waals surface area contributed by atoms with E-state index in [4.69, 9.17) is 18.9 Å². The van der Waals surface area contributed by atoms with Crippen molar-refractivity contribution >= 4 is 40.7 Å². The fourth-order valence-corrected chi connectivity index (χ4v) is 20.2. The van der Waals surface area contributed by atoms with E-state index in [1.54, 1.807) is 6.07 Å². The summed E-state index contributed by atoms with van der Waals surface area (Å²) in [6.07, 6.45) is 6.19. The summed E-state index contributed by atoms with van der Waals surface area (Å²) in [5.41, 5.74) is 7.92. The van der Waals surface area contributed by atoms with E-state index in [9.17, 15) is 24.2 Å². The first-order chi connectivity index (χ1) is 37.0. The molecule has 4 saturated heterocycles. The Balaban J connectivity index is 0.684. The Bertz CT molecular complexity index is 3370. The van der Waals surface area contributed by atoms with Gasteiger partial charge >= 0.3 is 0 Å². The van der Waals surface area contributed by atoms with Gasteiger partial charge in [0.2, 0.25) is 23.6 Å². The number of fused-ring (bicyclic) bond motifs is 20. The molecular formula is C63H64N4O10. The maximum Gasteiger partial charge on any atom is 0.237 e. The molecule has 6 saturated carbocycles. The number of carbonyl (C=O) groups is 4. The van der Waals surface area contributed by atoms with Crippen molar-refractivity contribution in [2.75, 3.05) is 4.90 Å². The summed E-state index contributed by atoms with van der Waals surface area (Å²) in [7, 11) is 0. The first-order valence-electron chi connectivity index (χ1n) is 28.6. The number of nitrogens with one attached hydrogen (secondary N) is 1. The van der Waals surface area contributed by atoms with Crippen molar-refractivity contribution in [1.29, 1.82) is 0 Å². The third-order valence-electron chi connectivity index (χ3n) is 22.9. The van der Waals surface area contributed by atoms with Crippen molar-refractivity contribution in [3.63, 3.8) is 0 Å². The number of rotatable bonds is 3. The molecule has 77 heavy (non-hydrogen) atoms. The maximum absolute atomic E-state index is 15.0. The average molecular weight is 1040 g/mol. The highest BCUT2D eigenvalue weighted by molar-refractivity contribution is 6.23. The van der Waals surface area contributed by atoms with Crippen LogP contribution in [0.5, 0.6) is 0 Å². The minimum Gasteiger partial charge on any atom is -0.370 e. The summed E-state index contributed by atoms with van der Waals surface area (Å²) >= 11 is 0. The fraction of sp³-hybridized carbons (Fsp3) is 0.556. The Morgan fingerprint density at radius 1 is 0.481 bits per heavy atom. The standard InChI is InChI=1S/C63H64N4O10/c1-28-14-31-29-10-6-8-12-37(29)63(39(31)20-45(28)65-72)38-13-9-7-11-30(38)32-15-47(46(66-73)21-40(32)63)67-58(70)35-18-50-51(19-36(35)59(67)71)77-55-25-44-42(23-53(55)76-50)61(4,5)27-62(44)26-60(2,3)41-22-52-54(24-43(41)62)75-49-17-34-33(16-48(49)74-52)56(68)64-57(34)69/h6-15,20-21,33-36,41-44,48-55H,16-19,22-27H2,1-5H3,(H,64,68,69). The lowest BCUT2D eigenvalue weighted by molar-refractivity contribution is -0.266. The van der Waals surface area contributed by atoms with Crippen LogP contribution >= 0.6 is 0 Å². The van der Waals surface area contributed by atoms with E-state index in [2.05, 4.69) is 61.6 Å². The molecule has 4 amide bonds. The van der Waals surface area contributed by atoms with Gasteiger partial charge in [-0.05, 0) is 196 Å². The second-order valence-corrected chi connectivity index (χ2v) is 27.1. The summed E-state index contributed by atoms with van der Waals surface area (Å²) in [6, 6.07) is 23.7. The molecule has 0 aromatic heterocycles. The molecule has 14 nitrogen and oxygen atoms in total. The molecule has 1 N–H and O–H groups in total. The zero-order chi connectivity index (χ0) is 52.6. The van der Waals surface area contributed by atoms with E-state index in [0.717, 1.165) is 88.6 Å². The molecule has 4 aromatic carbocycles. The van der Waals surface area contributed by atoms with Gasteiger partial charge in [0, 0.05) is 0 Å². The minimum absolute atomic E-state index is 0.00240. The second kappa shape index (κ2) is 15.7. The predicted molar refractivity (Wildman–Crippen MR) is 283 cm³/mol. The number of benzene rings is 4. The zero-order valence-electron chi connectivity index (χ0n) is 44.2. The average Bonchev–Trinajstić information content (AvgIpc) is 3.73. The summed E-state index contributed by atoms with van der Waals surface area (Å²) in [5.74, 6) is -1.26. The predicted octanol–water partition coefficient (Wildman–Crippen LogP) is 10.7. The van der Waals surface area contributed by atoms with Crippen LogP contribution < -0.4 is 10.2 Å². The molecular weight excluding hydrogens is 973 g/mol. The molecule has 18 unspecified atom stereocenters. The lowest BCUT2D eigenvalue weighted by Gasteiger charge is -2.54. The normalized spacial score (nSPS) is 41.4. The van der Waals surface area contributed by atoms with Gasteiger partial charge in [0.25, 0.3) is 0 Å². The van der Waals surface area contributed by atoms with Crippen molar-refractivity contribution in [1.82, 2.24) is 5.32 Å². The molecule has 4 aromatic rings. The molecule has 16 rings (SSSR count). The van der Waals surface area contributed by atoms with Crippen LogP contribution in [-0.4, -0.2) is 72.5 Å². The first-order valence-corrected chi connectivity index (χ1v) is 28.6. The number of nitrogens with zero attached hydrogens (tertiary/aromatic N) is 3. The third-order valence-corrected chi connectivity index (χ3v) is 22.9. The number of aryl methyl sites for hydroxylation is 1. The Labute approximate surface area is 447 Å². The molecule has 10 fully saturated rings. The molecule has 2 spiro atoms. The topological polar surface area (TPSA) is 179 Å². The van der Waals surface area contributed by atoms with Gasteiger partial charge in [-0.2, -0.15) is 0 Å². The number of ether oxygens (including phenoxy) is 4. The van der Waals surface area contributed by atoms with Crippen LogP contribution in [-0.2, 0) is 43.5 Å². The molecule has 8 aliphatic carbocycles. The second-order valence-electron chi connectivity index (χ2n) is 27.1. The van der Waals surface area contributed by atoms with Crippen molar-refractivity contribution in [3.05, 3.63) is 110 Å². The van der Waals surface area contributed by atoms with Crippen LogP contribution in [0, 0.1) is 80.3 Å². The van der Waals surface area contributed by atoms with Gasteiger partial charge in [-0.1, -0.05) is 76.2 Å². The summed E-state index contributed by atoms with van der Waals surface area (Å²) in [4.78, 5) is 82.2. The maximum atomic E-state index is 15.0. The highest BCUT2D eigenvalue weighted by atomic mass is 16.6. The van der Waals surface area contributed by atoms with Crippen LogP contribution in [0.4, 0.5) is 17.1 Å². The quantitative estimate of drug-likeness (QED) is 0.132. The number of amides is 4. The van der Waals surface area contributed by atoms with Crippen LogP contribution in [0.1, 0.15) is 120 Å². The van der Waals surface area contributed by atoms with Gasteiger partial charge in [-0.25, -0.2) is 4.90 Å². The smallest absolute Gasteiger partial charge is 0.237 e. The van der Waals surface area contributed by atoms with Crippen LogP contribution in [0.3, 0.4) is 0 Å². The van der Waals surface area contributed by atoms with Crippen molar-refractivity contribution in [3.8, 4) is 22.3 Å². The minimum atomic E-state index is -0.914. The first kappa shape index (κ1) is 47.2. The number of hydrogen-bond donors (Lipinski definition) is 1. The molecule has 0 bridgehead atoms. The fourth-order valence-electron chi connectivity index (χ4n) is 20.2. The Hall–Kier alpha value is -5.80. The van der Waals surface area contributed by atoms with Gasteiger partial charge < -0.3 is 18.9 Å². The van der Waals surface area contributed by atoms with Gasteiger partial charge in [0.15, 0.2) is 0 Å². The summed E-state index contributed by atoms with van der Waals surface area (Å²) in [6.45, 7) is 11.7. The third kappa shape index (κ3) is 6.06. The highest BCUT2D eigenvalue weighted by Crippen LogP contribution is 2.76. The Morgan fingerprint density at radius 2 is 0.883 bits per heavy atom. The van der Waals surface area contributed by atoms with Gasteiger partial charge in [0.05, 0.1) is 83.6 Å². The zero-order valence-corrected chi connectivity index (χ0v) is 44.2. The lowest BCUT2D eigenvalue weighted by Crippen LogP contribution is -2.59. The number of anilines is 1. The molecule has 0 radical (unpaired) electrons. The molecule has 14 heteroatoms. The lowest BCUT2D eigenvalue weighted by atomic mass is 9.59. The van der Waals surface area contributed by atoms with Gasteiger partial charge in [-0.3, -0.25) is 24.5 Å². The molecule has 396 valence electrons. The number of carbonyl (C=O) groups excluding carboxylic acids is 4. The van der Waals surface area contributed by atoms with Crippen molar-refractivity contribution in [2.45, 2.75) is 153 Å². The van der Waals surface area contributed by atoms with E-state index in [1.165, 1.54) is 4.90 Å². The van der Waals surface area contributed by atoms with E-state index in [-0.39, 0.29) is 112 Å². The molecule has 12 aliphatic rings. The summed E-state index contributed by atoms with van der Waals surface area (Å²) in [5, 5.41) is 9.57. The van der Waals surface area contributed by atoms with E-state index in [1.807, 2.05) is 55.5 Å². The number of nitroso groups, excluding NO2 is 2. The Kier molecular flexibility index (Phi) is 9.65. The highest BCUT2D eigenvalue weighted by Gasteiger charge is 2.71. The van der Waals surface area contributed by atoms with E-state index >= 15 is 4.79 Å². The van der Waals surface area contributed by atoms with Crippen molar-refractivity contribution in [2.24, 2.45) is 73.9 Å². The molecule has 4 heterocycles. The molecule has 4 aliphatic heterocycles. The van der Waals surface area contributed by atoms with Crippen LogP contribution in [0.15, 0.2) is 83.2 Å². The van der Waals surface area contributed by atoms with E-state index < -0.39 is 17.3 Å². The summed E-state index contributed by atoms with van der Waals surface area (Å²) < 4.78 is 28.4. The Morgan fingerprint density at radius 3 is 1.35 bits per heavy atom. The van der Waals surface area contributed by atoms with E-state index in [0.29, 0.717) is 55.0 Å². The van der Waals surface area contributed by atoms with Crippen LogP contribution in [0.25, 0.3) is 22.3 Å². The van der Waals surface area contributed by atoms with Crippen molar-refractivity contribution < 1.29 is 38.1 Å². The number of imide groups is 2. The number of hydrogen-bond acceptors (Lipinski definition) is 12. The SMILES string of the molecule is Cc1cc2c(cc1N=O)C1(c3ccccc3-2)c2ccccc2-c2cc(N3C(=O)C4CC5OC6CC7C(CC6OC5CC4C3=O)C3(CC(C)(C)C4CC5OC6CC8C(=O)NC(=O)C8CC6OC5CC43)CC7(C)C)c(N=O)cc21.